The number of anilines is 1. The highest BCUT2D eigenvalue weighted by Crippen LogP contribution is 2.31. The molecule has 1 heterocycles. The van der Waals surface area contributed by atoms with Gasteiger partial charge in [0.1, 0.15) is 12.4 Å². The van der Waals surface area contributed by atoms with Crippen LogP contribution >= 0.6 is 22.9 Å². The van der Waals surface area contributed by atoms with E-state index in [0.717, 1.165) is 11.3 Å². The molecule has 0 aliphatic rings. The smallest absolute Gasteiger partial charge is 0.252 e. The number of benzene rings is 1. The summed E-state index contributed by atoms with van der Waals surface area (Å²) in [5, 5.41) is 5.54. The minimum atomic E-state index is -0.235. The predicted octanol–water partition coefficient (Wildman–Crippen LogP) is 3.06. The van der Waals surface area contributed by atoms with E-state index in [1.807, 2.05) is 11.4 Å². The molecule has 2 rings (SSSR count). The topological polar surface area (TPSA) is 60.5 Å². The largest absolute Gasteiger partial charge is 0.495 e. The van der Waals surface area contributed by atoms with Gasteiger partial charge in [-0.1, -0.05) is 11.6 Å². The van der Waals surface area contributed by atoms with E-state index in [2.05, 4.69) is 10.3 Å². The molecule has 0 aliphatic heterocycles. The fourth-order valence-corrected chi connectivity index (χ4v) is 2.57. The minimum Gasteiger partial charge on any atom is -0.495 e. The van der Waals surface area contributed by atoms with Crippen molar-refractivity contribution in [2.24, 2.45) is 0 Å². The Balaban J connectivity index is 2.16. The first-order valence-corrected chi connectivity index (χ1v) is 6.98. The van der Waals surface area contributed by atoms with Crippen molar-refractivity contribution >= 4 is 34.0 Å². The molecular weight excluding hydrogens is 300 g/mol. The third kappa shape index (κ3) is 3.47. The Bertz CT molecular complexity index is 615. The molecule has 0 unspecified atom stereocenters. The number of rotatable bonds is 5. The number of thiazole rings is 1. The summed E-state index contributed by atoms with van der Waals surface area (Å²) in [5.41, 5.74) is 1.60. The maximum absolute atomic E-state index is 11.4. The summed E-state index contributed by atoms with van der Waals surface area (Å²) >= 11 is 7.42. The van der Waals surface area contributed by atoms with Crippen LogP contribution in [0.3, 0.4) is 0 Å². The number of hydrogen-bond donors (Lipinski definition) is 1. The van der Waals surface area contributed by atoms with Gasteiger partial charge in [0.25, 0.3) is 5.91 Å². The molecule has 1 amide bonds. The summed E-state index contributed by atoms with van der Waals surface area (Å²) in [6, 6.07) is 5.41. The molecule has 2 aromatic rings. The summed E-state index contributed by atoms with van der Waals surface area (Å²) in [6.45, 7) is 0.00325. The zero-order valence-corrected chi connectivity index (χ0v) is 12.5. The normalized spacial score (nSPS) is 10.3. The van der Waals surface area contributed by atoms with Gasteiger partial charge in [0.05, 0.1) is 17.8 Å². The second-order valence-electron chi connectivity index (χ2n) is 3.87. The molecule has 0 fully saturated rings. The van der Waals surface area contributed by atoms with E-state index in [1.165, 1.54) is 18.4 Å². The lowest BCUT2D eigenvalue weighted by Crippen LogP contribution is -2.16. The maximum atomic E-state index is 11.4. The molecule has 0 atom stereocenters. The summed E-state index contributed by atoms with van der Waals surface area (Å²) in [5.74, 6) is 0.375. The van der Waals surface area contributed by atoms with Gasteiger partial charge in [-0.3, -0.25) is 10.1 Å². The zero-order valence-electron chi connectivity index (χ0n) is 11.0. The van der Waals surface area contributed by atoms with Crippen LogP contribution in [0, 0.1) is 0 Å². The Labute approximate surface area is 125 Å². The van der Waals surface area contributed by atoms with Crippen LogP contribution in [-0.4, -0.2) is 31.7 Å². The van der Waals surface area contributed by atoms with Crippen LogP contribution in [0.15, 0.2) is 23.6 Å². The molecule has 0 saturated carbocycles. The number of carbonyl (C=O) groups excluding carboxylic acids is 1. The van der Waals surface area contributed by atoms with E-state index in [-0.39, 0.29) is 12.5 Å². The number of methoxy groups -OCH3 is 2. The van der Waals surface area contributed by atoms with Crippen LogP contribution < -0.4 is 10.1 Å². The van der Waals surface area contributed by atoms with Crippen molar-refractivity contribution in [2.45, 2.75) is 0 Å². The van der Waals surface area contributed by atoms with Crippen molar-refractivity contribution < 1.29 is 14.3 Å². The number of nitrogens with zero attached hydrogens (tertiary/aromatic N) is 1. The average Bonchev–Trinajstić information content (AvgIpc) is 2.87. The lowest BCUT2D eigenvalue weighted by atomic mass is 10.2. The summed E-state index contributed by atoms with van der Waals surface area (Å²) < 4.78 is 9.84. The maximum Gasteiger partial charge on any atom is 0.252 e. The van der Waals surface area contributed by atoms with Gasteiger partial charge in [-0.15, -0.1) is 11.3 Å². The molecule has 1 aromatic carbocycles. The van der Waals surface area contributed by atoms with Crippen LogP contribution in [0.5, 0.6) is 5.75 Å². The molecule has 0 aliphatic carbocycles. The van der Waals surface area contributed by atoms with Gasteiger partial charge in [0.2, 0.25) is 0 Å². The third-order valence-electron chi connectivity index (χ3n) is 2.47. The monoisotopic (exact) mass is 312 g/mol. The van der Waals surface area contributed by atoms with Gasteiger partial charge < -0.3 is 9.47 Å². The number of aromatic nitrogens is 1. The second-order valence-corrected chi connectivity index (χ2v) is 5.13. The van der Waals surface area contributed by atoms with Gasteiger partial charge in [-0.05, 0) is 18.2 Å². The van der Waals surface area contributed by atoms with E-state index in [0.29, 0.717) is 15.9 Å². The van der Waals surface area contributed by atoms with E-state index in [4.69, 9.17) is 21.1 Å². The second kappa shape index (κ2) is 6.69. The Morgan fingerprint density at radius 3 is 2.90 bits per heavy atom. The first-order chi connectivity index (χ1) is 9.63. The molecule has 0 spiro atoms. The van der Waals surface area contributed by atoms with Crippen molar-refractivity contribution in [3.63, 3.8) is 0 Å². The van der Waals surface area contributed by atoms with Crippen LogP contribution in [0.25, 0.3) is 11.3 Å². The molecule has 5 nitrogen and oxygen atoms in total. The van der Waals surface area contributed by atoms with Crippen molar-refractivity contribution in [1.29, 1.82) is 0 Å². The quantitative estimate of drug-likeness (QED) is 0.921. The van der Waals surface area contributed by atoms with Gasteiger partial charge >= 0.3 is 0 Å². The molecule has 20 heavy (non-hydrogen) atoms. The number of ether oxygens (including phenoxy) is 2. The average molecular weight is 313 g/mol. The summed E-state index contributed by atoms with van der Waals surface area (Å²) in [7, 11) is 3.03. The molecular formula is C13H13ClN2O3S. The lowest BCUT2D eigenvalue weighted by molar-refractivity contribution is -0.119. The fourth-order valence-electron chi connectivity index (χ4n) is 1.58. The highest BCUT2D eigenvalue weighted by atomic mass is 35.5. The van der Waals surface area contributed by atoms with Gasteiger partial charge in [-0.2, -0.15) is 0 Å². The van der Waals surface area contributed by atoms with Crippen molar-refractivity contribution in [1.82, 2.24) is 4.98 Å². The molecule has 0 radical (unpaired) electrons. The van der Waals surface area contributed by atoms with Crippen molar-refractivity contribution in [2.75, 3.05) is 26.1 Å². The predicted molar refractivity (Wildman–Crippen MR) is 79.6 cm³/mol. The highest BCUT2D eigenvalue weighted by Gasteiger charge is 2.09. The highest BCUT2D eigenvalue weighted by molar-refractivity contribution is 7.14. The number of amides is 1. The summed E-state index contributed by atoms with van der Waals surface area (Å²) in [4.78, 5) is 15.7. The zero-order chi connectivity index (χ0) is 14.5. The first kappa shape index (κ1) is 14.8. The Morgan fingerprint density at radius 2 is 2.25 bits per heavy atom. The Morgan fingerprint density at radius 1 is 1.45 bits per heavy atom. The minimum absolute atomic E-state index is 0.00325. The van der Waals surface area contributed by atoms with Crippen LogP contribution in [0.4, 0.5) is 5.13 Å². The molecule has 0 saturated heterocycles. The SMILES string of the molecule is COCC(=O)Nc1nc(-c2ccc(OC)c(Cl)c2)cs1. The van der Waals surface area contributed by atoms with Gasteiger partial charge in [-0.25, -0.2) is 4.98 Å². The van der Waals surface area contributed by atoms with Crippen LogP contribution in [0.1, 0.15) is 0 Å². The number of halogens is 1. The van der Waals surface area contributed by atoms with Crippen molar-refractivity contribution in [3.8, 4) is 17.0 Å². The standard InChI is InChI=1S/C13H13ClN2O3S/c1-18-6-12(17)16-13-15-10(7-20-13)8-3-4-11(19-2)9(14)5-8/h3-5,7H,6H2,1-2H3,(H,15,16,17). The number of carbonyl (C=O) groups is 1. The van der Waals surface area contributed by atoms with Crippen LogP contribution in [0.2, 0.25) is 5.02 Å². The van der Waals surface area contributed by atoms with E-state index < -0.39 is 0 Å². The van der Waals surface area contributed by atoms with Gasteiger partial charge in [0.15, 0.2) is 5.13 Å². The Hall–Kier alpha value is -1.63. The fraction of sp³-hybridized carbons (Fsp3) is 0.231. The Kier molecular flexibility index (Phi) is 4.94. The molecule has 0 bridgehead atoms. The van der Waals surface area contributed by atoms with E-state index >= 15 is 0 Å². The van der Waals surface area contributed by atoms with Crippen molar-refractivity contribution in [3.05, 3.63) is 28.6 Å². The number of hydrogen-bond acceptors (Lipinski definition) is 5. The van der Waals surface area contributed by atoms with E-state index in [9.17, 15) is 4.79 Å². The summed E-state index contributed by atoms with van der Waals surface area (Å²) in [6.07, 6.45) is 0. The first-order valence-electron chi connectivity index (χ1n) is 5.72. The van der Waals surface area contributed by atoms with Gasteiger partial charge in [0, 0.05) is 18.1 Å². The molecule has 106 valence electrons. The van der Waals surface area contributed by atoms with E-state index in [1.54, 1.807) is 19.2 Å². The van der Waals surface area contributed by atoms with Crippen LogP contribution in [-0.2, 0) is 9.53 Å². The molecule has 1 N–H and O–H groups in total. The number of nitrogens with one attached hydrogen (secondary N) is 1. The third-order valence-corrected chi connectivity index (χ3v) is 3.53. The lowest BCUT2D eigenvalue weighted by Gasteiger charge is -2.04. The molecule has 1 aromatic heterocycles. The molecule has 7 heteroatoms.